The molecule has 0 fully saturated rings. The van der Waals surface area contributed by atoms with E-state index >= 15 is 0 Å². The molecule has 3 nitrogen and oxygen atoms in total. The molecule has 0 heterocycles. The Morgan fingerprint density at radius 2 is 1.74 bits per heavy atom. The number of amides is 1. The molecule has 106 valence electrons. The Morgan fingerprint density at radius 3 is 2.26 bits per heavy atom. The van der Waals surface area contributed by atoms with Crippen LogP contribution in [0.5, 0.6) is 0 Å². The summed E-state index contributed by atoms with van der Waals surface area (Å²) in [6, 6.07) is 8.01. The molecule has 0 radical (unpaired) electrons. The largest absolute Gasteiger partial charge is 0.353 e. The second kappa shape index (κ2) is 7.51. The number of halogens is 1. The van der Waals surface area contributed by atoms with Gasteiger partial charge in [0.05, 0.1) is 6.04 Å². The van der Waals surface area contributed by atoms with Gasteiger partial charge in [0, 0.05) is 17.1 Å². The molecule has 2 unspecified atom stereocenters. The molecule has 0 aliphatic carbocycles. The van der Waals surface area contributed by atoms with Crippen LogP contribution >= 0.6 is 11.6 Å². The lowest BCUT2D eigenvalue weighted by atomic mass is 10.1. The molecule has 0 aliphatic heterocycles. The normalized spacial score (nSPS) is 14.2. The summed E-state index contributed by atoms with van der Waals surface area (Å²) in [6.45, 7) is 7.88. The van der Waals surface area contributed by atoms with Crippen molar-refractivity contribution in [2.24, 2.45) is 0 Å². The van der Waals surface area contributed by atoms with E-state index in [-0.39, 0.29) is 24.0 Å². The maximum atomic E-state index is 11.8. The molecule has 1 amide bonds. The first-order valence-electron chi connectivity index (χ1n) is 6.69. The zero-order chi connectivity index (χ0) is 14.4. The van der Waals surface area contributed by atoms with Gasteiger partial charge < -0.3 is 10.6 Å². The van der Waals surface area contributed by atoms with E-state index in [0.717, 1.165) is 11.4 Å². The predicted octanol–water partition coefficient (Wildman–Crippen LogP) is 2.77. The molecule has 1 aromatic carbocycles. The smallest absolute Gasteiger partial charge is 0.237 e. The number of hydrogen-bond acceptors (Lipinski definition) is 2. The van der Waals surface area contributed by atoms with Crippen molar-refractivity contribution in [3.05, 3.63) is 34.9 Å². The molecule has 0 saturated carbocycles. The molecule has 0 aliphatic rings. The summed E-state index contributed by atoms with van der Waals surface area (Å²) in [4.78, 5) is 11.8. The molecule has 4 heteroatoms. The summed E-state index contributed by atoms with van der Waals surface area (Å²) in [6.07, 6.45) is 0.871. The minimum absolute atomic E-state index is 0.0398. The molecule has 0 spiro atoms. The van der Waals surface area contributed by atoms with Crippen LogP contribution in [0, 0.1) is 0 Å². The van der Waals surface area contributed by atoms with Crippen LogP contribution in [0.2, 0.25) is 5.02 Å². The fourth-order valence-electron chi connectivity index (χ4n) is 1.94. The fraction of sp³-hybridized carbons (Fsp3) is 0.533. The molecule has 1 aromatic rings. The molecule has 0 saturated heterocycles. The highest BCUT2D eigenvalue weighted by Gasteiger charge is 2.15. The summed E-state index contributed by atoms with van der Waals surface area (Å²) in [7, 11) is 0. The first-order chi connectivity index (χ1) is 8.88. The van der Waals surface area contributed by atoms with E-state index in [1.54, 1.807) is 0 Å². The molecule has 2 atom stereocenters. The third-order valence-electron chi connectivity index (χ3n) is 2.81. The Hall–Kier alpha value is -1.06. The number of nitrogens with one attached hydrogen (secondary N) is 2. The lowest BCUT2D eigenvalue weighted by Crippen LogP contribution is -2.48. The number of carbonyl (C=O) groups excluding carboxylic acids is 1. The predicted molar refractivity (Wildman–Crippen MR) is 80.5 cm³/mol. The second-order valence-electron chi connectivity index (χ2n) is 5.28. The highest BCUT2D eigenvalue weighted by molar-refractivity contribution is 6.30. The molecular weight excluding hydrogens is 260 g/mol. The number of benzene rings is 1. The quantitative estimate of drug-likeness (QED) is 0.842. The summed E-state index contributed by atoms with van der Waals surface area (Å²) in [5.74, 6) is 0.0398. The molecular formula is C15H23ClN2O. The van der Waals surface area contributed by atoms with Crippen LogP contribution < -0.4 is 10.6 Å². The average molecular weight is 283 g/mol. The van der Waals surface area contributed by atoms with E-state index in [1.165, 1.54) is 5.56 Å². The number of hydrogen-bond donors (Lipinski definition) is 2. The summed E-state index contributed by atoms with van der Waals surface area (Å²) >= 11 is 5.85. The van der Waals surface area contributed by atoms with Gasteiger partial charge in [-0.25, -0.2) is 0 Å². The van der Waals surface area contributed by atoms with E-state index in [2.05, 4.69) is 17.6 Å². The summed E-state index contributed by atoms with van der Waals surface area (Å²) in [5.41, 5.74) is 1.21. The van der Waals surface area contributed by atoms with E-state index in [0.29, 0.717) is 0 Å². The number of carbonyl (C=O) groups is 1. The second-order valence-corrected chi connectivity index (χ2v) is 5.72. The van der Waals surface area contributed by atoms with Crippen molar-refractivity contribution < 1.29 is 4.79 Å². The number of rotatable bonds is 6. The zero-order valence-electron chi connectivity index (χ0n) is 12.0. The monoisotopic (exact) mass is 282 g/mol. The van der Waals surface area contributed by atoms with Crippen LogP contribution in [-0.2, 0) is 11.2 Å². The standard InChI is InChI=1S/C15H23ClN2O/c1-10(2)17-15(19)12(4)18-11(3)9-13-5-7-14(16)8-6-13/h5-8,10-12,18H,9H2,1-4H3,(H,17,19). The van der Waals surface area contributed by atoms with Gasteiger partial charge in [0.25, 0.3) is 0 Å². The van der Waals surface area contributed by atoms with E-state index in [4.69, 9.17) is 11.6 Å². The first kappa shape index (κ1) is 16.0. The summed E-state index contributed by atoms with van der Waals surface area (Å²) in [5, 5.41) is 6.95. The van der Waals surface area contributed by atoms with Crippen LogP contribution in [0.1, 0.15) is 33.3 Å². The van der Waals surface area contributed by atoms with Crippen LogP contribution in [0.25, 0.3) is 0 Å². The van der Waals surface area contributed by atoms with Gasteiger partial charge in [-0.15, -0.1) is 0 Å². The van der Waals surface area contributed by atoms with Gasteiger partial charge in [-0.05, 0) is 51.8 Å². The molecule has 1 rings (SSSR count). The molecule has 0 bridgehead atoms. The van der Waals surface area contributed by atoms with Gasteiger partial charge in [0.15, 0.2) is 0 Å². The molecule has 19 heavy (non-hydrogen) atoms. The SMILES string of the molecule is CC(C)NC(=O)C(C)NC(C)Cc1ccc(Cl)cc1. The Labute approximate surface area is 120 Å². The van der Waals surface area contributed by atoms with Gasteiger partial charge in [0.2, 0.25) is 5.91 Å². The average Bonchev–Trinajstić information content (AvgIpc) is 2.31. The van der Waals surface area contributed by atoms with Crippen LogP contribution in [0.15, 0.2) is 24.3 Å². The van der Waals surface area contributed by atoms with Crippen molar-refractivity contribution in [2.45, 2.75) is 52.2 Å². The van der Waals surface area contributed by atoms with Gasteiger partial charge in [-0.1, -0.05) is 23.7 Å². The lowest BCUT2D eigenvalue weighted by Gasteiger charge is -2.20. The van der Waals surface area contributed by atoms with Gasteiger partial charge in [0.1, 0.15) is 0 Å². The van der Waals surface area contributed by atoms with Crippen molar-refractivity contribution in [2.75, 3.05) is 0 Å². The maximum Gasteiger partial charge on any atom is 0.237 e. The third-order valence-corrected chi connectivity index (χ3v) is 3.07. The molecule has 2 N–H and O–H groups in total. The van der Waals surface area contributed by atoms with Crippen molar-refractivity contribution in [1.82, 2.24) is 10.6 Å². The fourth-order valence-corrected chi connectivity index (χ4v) is 2.07. The molecule has 0 aromatic heterocycles. The minimum Gasteiger partial charge on any atom is -0.353 e. The topological polar surface area (TPSA) is 41.1 Å². The van der Waals surface area contributed by atoms with Gasteiger partial charge in [-0.2, -0.15) is 0 Å². The Kier molecular flexibility index (Phi) is 6.32. The van der Waals surface area contributed by atoms with Crippen molar-refractivity contribution in [3.63, 3.8) is 0 Å². The van der Waals surface area contributed by atoms with Gasteiger partial charge in [-0.3, -0.25) is 4.79 Å². The highest BCUT2D eigenvalue weighted by atomic mass is 35.5. The Balaban J connectivity index is 2.44. The minimum atomic E-state index is -0.190. The third kappa shape index (κ3) is 6.08. The summed E-state index contributed by atoms with van der Waals surface area (Å²) < 4.78 is 0. The van der Waals surface area contributed by atoms with Crippen LogP contribution in [0.3, 0.4) is 0 Å². The Morgan fingerprint density at radius 1 is 1.16 bits per heavy atom. The zero-order valence-corrected chi connectivity index (χ0v) is 12.8. The van der Waals surface area contributed by atoms with E-state index in [1.807, 2.05) is 45.0 Å². The maximum absolute atomic E-state index is 11.8. The van der Waals surface area contributed by atoms with Crippen LogP contribution in [-0.4, -0.2) is 24.0 Å². The Bertz CT molecular complexity index is 403. The van der Waals surface area contributed by atoms with E-state index in [9.17, 15) is 4.79 Å². The van der Waals surface area contributed by atoms with Crippen molar-refractivity contribution >= 4 is 17.5 Å². The van der Waals surface area contributed by atoms with Crippen LogP contribution in [0.4, 0.5) is 0 Å². The van der Waals surface area contributed by atoms with Crippen molar-refractivity contribution in [3.8, 4) is 0 Å². The van der Waals surface area contributed by atoms with Crippen molar-refractivity contribution in [1.29, 1.82) is 0 Å². The van der Waals surface area contributed by atoms with Gasteiger partial charge >= 0.3 is 0 Å². The lowest BCUT2D eigenvalue weighted by molar-refractivity contribution is -0.123. The van der Waals surface area contributed by atoms with E-state index < -0.39 is 0 Å². The highest BCUT2D eigenvalue weighted by Crippen LogP contribution is 2.11. The first-order valence-corrected chi connectivity index (χ1v) is 7.07.